The lowest BCUT2D eigenvalue weighted by atomic mass is 10.1. The van der Waals surface area contributed by atoms with Gasteiger partial charge in [0.15, 0.2) is 5.76 Å². The van der Waals surface area contributed by atoms with Gasteiger partial charge in [-0.25, -0.2) is 9.07 Å². The number of benzene rings is 1. The molecule has 0 saturated carbocycles. The molecule has 4 aromatic rings. The van der Waals surface area contributed by atoms with Gasteiger partial charge in [0.25, 0.3) is 0 Å². The lowest BCUT2D eigenvalue weighted by Gasteiger charge is -2.35. The van der Waals surface area contributed by atoms with Crippen LogP contribution in [0.4, 0.5) is 10.1 Å². The zero-order chi connectivity index (χ0) is 21.2. The van der Waals surface area contributed by atoms with Crippen molar-refractivity contribution in [2.24, 2.45) is 0 Å². The summed E-state index contributed by atoms with van der Waals surface area (Å²) in [5, 5.41) is 4.75. The monoisotopic (exact) mass is 417 g/mol. The van der Waals surface area contributed by atoms with Crippen LogP contribution in [0.5, 0.6) is 0 Å². The molecular weight excluding hydrogens is 393 g/mol. The predicted molar refractivity (Wildman–Crippen MR) is 118 cm³/mol. The van der Waals surface area contributed by atoms with Gasteiger partial charge < -0.3 is 9.32 Å². The molecular formula is C24H24FN5O. The van der Waals surface area contributed by atoms with Gasteiger partial charge in [-0.2, -0.15) is 5.10 Å². The molecule has 1 aliphatic rings. The summed E-state index contributed by atoms with van der Waals surface area (Å²) in [6, 6.07) is 14.5. The Hall–Kier alpha value is -3.45. The number of anilines is 1. The molecule has 5 rings (SSSR count). The molecule has 31 heavy (non-hydrogen) atoms. The number of rotatable bonds is 5. The molecule has 0 amide bonds. The van der Waals surface area contributed by atoms with Crippen molar-refractivity contribution in [3.8, 4) is 17.1 Å². The third-order valence-corrected chi connectivity index (χ3v) is 5.63. The molecule has 7 heteroatoms. The molecule has 1 saturated heterocycles. The summed E-state index contributed by atoms with van der Waals surface area (Å²) in [7, 11) is 0. The highest BCUT2D eigenvalue weighted by atomic mass is 19.1. The first-order valence-electron chi connectivity index (χ1n) is 10.4. The number of aryl methyl sites for hydroxylation is 1. The van der Waals surface area contributed by atoms with Gasteiger partial charge in [-0.15, -0.1) is 0 Å². The predicted octanol–water partition coefficient (Wildman–Crippen LogP) is 4.30. The summed E-state index contributed by atoms with van der Waals surface area (Å²) in [6.07, 6.45) is 5.65. The SMILES string of the molecule is Cc1ccc(-c2nn(-c3cccc(F)c3)cc2CN2CCN(c3ccncc3)CC2)o1. The second kappa shape index (κ2) is 8.35. The number of halogens is 1. The normalized spacial score (nSPS) is 14.8. The highest BCUT2D eigenvalue weighted by Crippen LogP contribution is 2.27. The van der Waals surface area contributed by atoms with E-state index in [2.05, 4.69) is 26.9 Å². The van der Waals surface area contributed by atoms with Crippen LogP contribution in [0.3, 0.4) is 0 Å². The third kappa shape index (κ3) is 4.22. The van der Waals surface area contributed by atoms with Gasteiger partial charge in [0.05, 0.1) is 5.69 Å². The number of piperazine rings is 1. The van der Waals surface area contributed by atoms with E-state index in [1.165, 1.54) is 17.8 Å². The van der Waals surface area contributed by atoms with E-state index in [0.29, 0.717) is 5.69 Å². The van der Waals surface area contributed by atoms with Gasteiger partial charge >= 0.3 is 0 Å². The second-order valence-corrected chi connectivity index (χ2v) is 7.81. The topological polar surface area (TPSA) is 50.3 Å². The number of aromatic nitrogens is 3. The Morgan fingerprint density at radius 1 is 0.968 bits per heavy atom. The van der Waals surface area contributed by atoms with Crippen molar-refractivity contribution in [3.63, 3.8) is 0 Å². The van der Waals surface area contributed by atoms with E-state index in [1.54, 1.807) is 10.7 Å². The van der Waals surface area contributed by atoms with Crippen molar-refractivity contribution in [1.82, 2.24) is 19.7 Å². The molecule has 4 heterocycles. The number of pyridine rings is 1. The van der Waals surface area contributed by atoms with Crippen LogP contribution >= 0.6 is 0 Å². The van der Waals surface area contributed by atoms with E-state index < -0.39 is 0 Å². The van der Waals surface area contributed by atoms with Crippen molar-refractivity contribution in [3.05, 3.63) is 84.3 Å². The smallest absolute Gasteiger partial charge is 0.154 e. The van der Waals surface area contributed by atoms with Gasteiger partial charge in [-0.1, -0.05) is 6.07 Å². The molecule has 6 nitrogen and oxygen atoms in total. The second-order valence-electron chi connectivity index (χ2n) is 7.81. The minimum atomic E-state index is -0.280. The molecule has 1 aliphatic heterocycles. The summed E-state index contributed by atoms with van der Waals surface area (Å²) in [4.78, 5) is 8.91. The van der Waals surface area contributed by atoms with Crippen LogP contribution in [-0.4, -0.2) is 45.8 Å². The lowest BCUT2D eigenvalue weighted by Crippen LogP contribution is -2.46. The number of nitrogens with zero attached hydrogens (tertiary/aromatic N) is 5. The molecule has 0 unspecified atom stereocenters. The maximum atomic E-state index is 13.8. The van der Waals surface area contributed by atoms with Crippen LogP contribution in [0.2, 0.25) is 0 Å². The largest absolute Gasteiger partial charge is 0.460 e. The van der Waals surface area contributed by atoms with E-state index >= 15 is 0 Å². The van der Waals surface area contributed by atoms with E-state index in [-0.39, 0.29) is 5.82 Å². The summed E-state index contributed by atoms with van der Waals surface area (Å²) in [5.41, 5.74) is 3.77. The highest BCUT2D eigenvalue weighted by Gasteiger charge is 2.21. The van der Waals surface area contributed by atoms with Crippen LogP contribution in [0.25, 0.3) is 17.1 Å². The van der Waals surface area contributed by atoms with E-state index in [0.717, 1.165) is 55.5 Å². The fourth-order valence-corrected chi connectivity index (χ4v) is 4.01. The molecule has 0 radical (unpaired) electrons. The number of hydrogen-bond donors (Lipinski definition) is 0. The zero-order valence-electron chi connectivity index (χ0n) is 17.4. The summed E-state index contributed by atoms with van der Waals surface area (Å²) in [6.45, 7) is 6.49. The van der Waals surface area contributed by atoms with E-state index in [9.17, 15) is 4.39 Å². The van der Waals surface area contributed by atoms with Crippen LogP contribution in [0.1, 0.15) is 11.3 Å². The first-order valence-corrected chi connectivity index (χ1v) is 10.4. The Morgan fingerprint density at radius 3 is 2.48 bits per heavy atom. The molecule has 3 aromatic heterocycles. The third-order valence-electron chi connectivity index (χ3n) is 5.63. The summed E-state index contributed by atoms with van der Waals surface area (Å²) >= 11 is 0. The first-order chi connectivity index (χ1) is 15.2. The minimum absolute atomic E-state index is 0.280. The van der Waals surface area contributed by atoms with Crippen molar-refractivity contribution < 1.29 is 8.81 Å². The van der Waals surface area contributed by atoms with Crippen molar-refractivity contribution in [2.75, 3.05) is 31.1 Å². The van der Waals surface area contributed by atoms with Gasteiger partial charge in [-0.05, 0) is 49.4 Å². The standard InChI is InChI=1S/C24H24FN5O/c1-18-5-6-23(31-18)24-19(17-30(27-24)22-4-2-3-20(25)15-22)16-28-11-13-29(14-12-28)21-7-9-26-10-8-21/h2-10,15,17H,11-14,16H2,1H3. The molecule has 0 spiro atoms. The number of furan rings is 1. The van der Waals surface area contributed by atoms with Crippen molar-refractivity contribution >= 4 is 5.69 Å². The molecule has 0 aliphatic carbocycles. The Kier molecular flexibility index (Phi) is 5.26. The molecule has 0 bridgehead atoms. The quantitative estimate of drug-likeness (QED) is 0.485. The van der Waals surface area contributed by atoms with Crippen LogP contribution in [0, 0.1) is 12.7 Å². The van der Waals surface area contributed by atoms with Crippen LogP contribution in [0.15, 0.2) is 71.5 Å². The maximum absolute atomic E-state index is 13.8. The molecule has 0 atom stereocenters. The van der Waals surface area contributed by atoms with Gasteiger partial charge in [0.2, 0.25) is 0 Å². The average Bonchev–Trinajstić information content (AvgIpc) is 3.41. The fourth-order valence-electron chi connectivity index (χ4n) is 4.01. The van der Waals surface area contributed by atoms with Crippen LogP contribution < -0.4 is 4.90 Å². The Bertz CT molecular complexity index is 1160. The van der Waals surface area contributed by atoms with Crippen molar-refractivity contribution in [2.45, 2.75) is 13.5 Å². The van der Waals surface area contributed by atoms with Gasteiger partial charge in [0, 0.05) is 62.6 Å². The van der Waals surface area contributed by atoms with Gasteiger partial charge in [0.1, 0.15) is 17.3 Å². The summed E-state index contributed by atoms with van der Waals surface area (Å²) < 4.78 is 21.4. The lowest BCUT2D eigenvalue weighted by molar-refractivity contribution is 0.250. The van der Waals surface area contributed by atoms with E-state index in [4.69, 9.17) is 9.52 Å². The van der Waals surface area contributed by atoms with Crippen LogP contribution in [-0.2, 0) is 6.54 Å². The Labute approximate surface area is 180 Å². The van der Waals surface area contributed by atoms with Crippen molar-refractivity contribution in [1.29, 1.82) is 0 Å². The number of hydrogen-bond acceptors (Lipinski definition) is 5. The van der Waals surface area contributed by atoms with Gasteiger partial charge in [-0.3, -0.25) is 9.88 Å². The maximum Gasteiger partial charge on any atom is 0.154 e. The average molecular weight is 417 g/mol. The molecule has 158 valence electrons. The molecule has 0 N–H and O–H groups in total. The molecule has 1 aromatic carbocycles. The summed E-state index contributed by atoms with van der Waals surface area (Å²) in [5.74, 6) is 1.29. The van der Waals surface area contributed by atoms with E-state index in [1.807, 2.05) is 43.7 Å². The minimum Gasteiger partial charge on any atom is -0.460 e. The fraction of sp³-hybridized carbons (Fsp3) is 0.250. The Balaban J connectivity index is 1.38. The molecule has 1 fully saturated rings. The highest BCUT2D eigenvalue weighted by molar-refractivity contribution is 5.58. The first kappa shape index (κ1) is 19.5. The Morgan fingerprint density at radius 2 is 1.77 bits per heavy atom. The zero-order valence-corrected chi connectivity index (χ0v) is 17.4.